The molecule has 0 fully saturated rings. The van der Waals surface area contributed by atoms with E-state index in [2.05, 4.69) is 19.1 Å². The Hall–Kier alpha value is -1.66. The van der Waals surface area contributed by atoms with E-state index in [1.165, 1.54) is 16.9 Å². The second-order valence-electron chi connectivity index (χ2n) is 6.81. The van der Waals surface area contributed by atoms with Gasteiger partial charge in [0.2, 0.25) is 0 Å². The fourth-order valence-corrected chi connectivity index (χ4v) is 4.52. The number of anilines is 1. The Bertz CT molecular complexity index is 1000. The normalized spacial score (nSPS) is 11.4. The highest BCUT2D eigenvalue weighted by atomic mass is 35.5. The van der Waals surface area contributed by atoms with Gasteiger partial charge in [0, 0.05) is 18.1 Å². The third-order valence-corrected chi connectivity index (χ3v) is 5.80. The number of rotatable bonds is 5. The predicted octanol–water partition coefficient (Wildman–Crippen LogP) is 5.43. The van der Waals surface area contributed by atoms with Crippen molar-refractivity contribution in [2.45, 2.75) is 13.8 Å². The van der Waals surface area contributed by atoms with Gasteiger partial charge in [-0.25, -0.2) is 4.98 Å². The topological polar surface area (TPSA) is 36.4 Å². The molecule has 0 aliphatic heterocycles. The Kier molecular flexibility index (Phi) is 6.06. The van der Waals surface area contributed by atoms with Gasteiger partial charge in [-0.1, -0.05) is 40.6 Å². The van der Waals surface area contributed by atoms with Crippen LogP contribution < -0.4 is 4.90 Å². The number of aryl methyl sites for hydroxylation is 2. The first-order chi connectivity index (χ1) is 12.8. The molecule has 0 aliphatic carbocycles. The zero-order valence-corrected chi connectivity index (χ0v) is 18.0. The lowest BCUT2D eigenvalue weighted by Crippen LogP contribution is -2.36. The summed E-state index contributed by atoms with van der Waals surface area (Å²) in [4.78, 5) is 21.8. The van der Waals surface area contributed by atoms with Crippen LogP contribution in [0.4, 0.5) is 5.13 Å². The Balaban J connectivity index is 2.05. The molecule has 0 N–H and O–H groups in total. The summed E-state index contributed by atoms with van der Waals surface area (Å²) in [6, 6.07) is 9.14. The van der Waals surface area contributed by atoms with Crippen LogP contribution in [0.2, 0.25) is 10.0 Å². The van der Waals surface area contributed by atoms with Gasteiger partial charge >= 0.3 is 0 Å². The van der Waals surface area contributed by atoms with E-state index < -0.39 is 0 Å². The monoisotopic (exact) mass is 421 g/mol. The number of likely N-dealkylation sites (N-methyl/N-ethyl adjacent to an activating group) is 1. The first-order valence-corrected chi connectivity index (χ1v) is 10.1. The van der Waals surface area contributed by atoms with E-state index in [1.54, 1.807) is 23.1 Å². The molecule has 0 bridgehead atoms. The molecule has 3 rings (SSSR count). The molecule has 7 heteroatoms. The summed E-state index contributed by atoms with van der Waals surface area (Å²) in [5.41, 5.74) is 3.65. The molecular formula is C20H21Cl2N3OS. The molecule has 1 aromatic heterocycles. The lowest BCUT2D eigenvalue weighted by Gasteiger charge is -2.22. The quantitative estimate of drug-likeness (QED) is 0.550. The smallest absolute Gasteiger partial charge is 0.261 e. The fourth-order valence-electron chi connectivity index (χ4n) is 2.87. The second-order valence-corrected chi connectivity index (χ2v) is 8.66. The number of aromatic nitrogens is 1. The van der Waals surface area contributed by atoms with Gasteiger partial charge in [0.15, 0.2) is 5.13 Å². The highest BCUT2D eigenvalue weighted by Crippen LogP contribution is 2.33. The first-order valence-electron chi connectivity index (χ1n) is 8.55. The van der Waals surface area contributed by atoms with Crippen LogP contribution in [0.1, 0.15) is 21.5 Å². The Morgan fingerprint density at radius 1 is 1.11 bits per heavy atom. The maximum atomic E-state index is 13.3. The van der Waals surface area contributed by atoms with Gasteiger partial charge in [-0.15, -0.1) is 0 Å². The molecule has 0 unspecified atom stereocenters. The third-order valence-electron chi connectivity index (χ3n) is 4.23. The summed E-state index contributed by atoms with van der Waals surface area (Å²) in [5.74, 6) is -0.174. The van der Waals surface area contributed by atoms with Crippen molar-refractivity contribution < 1.29 is 4.79 Å². The molecule has 27 heavy (non-hydrogen) atoms. The summed E-state index contributed by atoms with van der Waals surface area (Å²) in [5, 5.41) is 1.52. The molecule has 1 heterocycles. The van der Waals surface area contributed by atoms with Gasteiger partial charge in [-0.05, 0) is 63.3 Å². The van der Waals surface area contributed by atoms with Crippen molar-refractivity contribution in [2.24, 2.45) is 0 Å². The summed E-state index contributed by atoms with van der Waals surface area (Å²) < 4.78 is 1.08. The molecule has 3 aromatic rings. The van der Waals surface area contributed by atoms with E-state index >= 15 is 0 Å². The van der Waals surface area contributed by atoms with Crippen molar-refractivity contribution in [3.05, 3.63) is 57.1 Å². The van der Waals surface area contributed by atoms with Crippen LogP contribution >= 0.6 is 34.5 Å². The molecule has 0 atom stereocenters. The van der Waals surface area contributed by atoms with Crippen LogP contribution in [-0.4, -0.2) is 43.0 Å². The van der Waals surface area contributed by atoms with Gasteiger partial charge in [0.25, 0.3) is 5.91 Å². The van der Waals surface area contributed by atoms with Crippen molar-refractivity contribution >= 4 is 55.8 Å². The summed E-state index contributed by atoms with van der Waals surface area (Å²) >= 11 is 13.8. The van der Waals surface area contributed by atoms with E-state index in [1.807, 2.05) is 25.9 Å². The molecule has 2 aromatic carbocycles. The van der Waals surface area contributed by atoms with Crippen molar-refractivity contribution in [3.63, 3.8) is 0 Å². The Morgan fingerprint density at radius 2 is 1.85 bits per heavy atom. The number of carbonyl (C=O) groups is 1. The van der Waals surface area contributed by atoms with E-state index in [-0.39, 0.29) is 5.91 Å². The number of hydrogen-bond donors (Lipinski definition) is 0. The summed E-state index contributed by atoms with van der Waals surface area (Å²) in [6.07, 6.45) is 0. The number of fused-ring (bicyclic) bond motifs is 1. The van der Waals surface area contributed by atoms with Gasteiger partial charge in [0.05, 0.1) is 20.8 Å². The number of hydrogen-bond acceptors (Lipinski definition) is 4. The van der Waals surface area contributed by atoms with E-state index in [0.717, 1.165) is 15.8 Å². The number of carbonyl (C=O) groups excluding carboxylic acids is 1. The maximum absolute atomic E-state index is 13.3. The Morgan fingerprint density at radius 3 is 2.52 bits per heavy atom. The average Bonchev–Trinajstić information content (AvgIpc) is 2.98. The highest BCUT2D eigenvalue weighted by molar-refractivity contribution is 7.22. The van der Waals surface area contributed by atoms with E-state index in [9.17, 15) is 4.79 Å². The van der Waals surface area contributed by atoms with E-state index in [4.69, 9.17) is 28.2 Å². The van der Waals surface area contributed by atoms with Crippen LogP contribution in [0.3, 0.4) is 0 Å². The molecule has 0 saturated heterocycles. The lowest BCUT2D eigenvalue weighted by atomic mass is 10.1. The SMILES string of the molecule is Cc1cc(C)c2nc(N(CCN(C)C)C(=O)c3ccc(Cl)cc3Cl)sc2c1. The van der Waals surface area contributed by atoms with Crippen molar-refractivity contribution in [1.82, 2.24) is 9.88 Å². The van der Waals surface area contributed by atoms with Gasteiger partial charge in [-0.2, -0.15) is 0 Å². The lowest BCUT2D eigenvalue weighted by molar-refractivity contribution is 0.0985. The molecule has 0 aliphatic rings. The molecule has 0 spiro atoms. The third kappa shape index (κ3) is 4.43. The van der Waals surface area contributed by atoms with Crippen molar-refractivity contribution in [2.75, 3.05) is 32.1 Å². The van der Waals surface area contributed by atoms with Crippen LogP contribution in [0.5, 0.6) is 0 Å². The van der Waals surface area contributed by atoms with Gasteiger partial charge in [0.1, 0.15) is 0 Å². The maximum Gasteiger partial charge on any atom is 0.261 e. The first kappa shape index (κ1) is 20.1. The van der Waals surface area contributed by atoms with Crippen LogP contribution in [-0.2, 0) is 0 Å². The zero-order chi connectivity index (χ0) is 19.7. The number of thiazole rings is 1. The summed E-state index contributed by atoms with van der Waals surface area (Å²) in [6.45, 7) is 5.34. The Labute approximate surface area is 173 Å². The fraction of sp³-hybridized carbons (Fsp3) is 0.300. The minimum Gasteiger partial charge on any atom is -0.308 e. The molecule has 0 saturated carbocycles. The largest absolute Gasteiger partial charge is 0.308 e. The number of amides is 1. The molecule has 142 valence electrons. The average molecular weight is 422 g/mol. The zero-order valence-electron chi connectivity index (χ0n) is 15.7. The number of halogens is 2. The number of nitrogens with zero attached hydrogens (tertiary/aromatic N) is 3. The predicted molar refractivity (Wildman–Crippen MR) is 116 cm³/mol. The molecular weight excluding hydrogens is 401 g/mol. The highest BCUT2D eigenvalue weighted by Gasteiger charge is 2.23. The molecule has 0 radical (unpaired) electrons. The van der Waals surface area contributed by atoms with E-state index in [0.29, 0.717) is 33.8 Å². The van der Waals surface area contributed by atoms with Crippen LogP contribution in [0.15, 0.2) is 30.3 Å². The number of benzene rings is 2. The molecule has 1 amide bonds. The van der Waals surface area contributed by atoms with Crippen molar-refractivity contribution in [3.8, 4) is 0 Å². The second kappa shape index (κ2) is 8.15. The minimum atomic E-state index is -0.174. The van der Waals surface area contributed by atoms with Crippen LogP contribution in [0, 0.1) is 13.8 Å². The van der Waals surface area contributed by atoms with Crippen molar-refractivity contribution in [1.29, 1.82) is 0 Å². The summed E-state index contributed by atoms with van der Waals surface area (Å²) in [7, 11) is 3.95. The standard InChI is InChI=1S/C20H21Cl2N3OS/c1-12-9-13(2)18-17(10-12)27-20(23-18)25(8-7-24(3)4)19(26)15-6-5-14(21)11-16(15)22/h5-6,9-11H,7-8H2,1-4H3. The molecule has 4 nitrogen and oxygen atoms in total. The van der Waals surface area contributed by atoms with Gasteiger partial charge in [-0.3, -0.25) is 9.69 Å². The van der Waals surface area contributed by atoms with Gasteiger partial charge < -0.3 is 4.90 Å². The minimum absolute atomic E-state index is 0.174. The van der Waals surface area contributed by atoms with Crippen LogP contribution in [0.25, 0.3) is 10.2 Å².